The van der Waals surface area contributed by atoms with Gasteiger partial charge in [-0.05, 0) is 62.9 Å². The number of halogens is 2. The van der Waals surface area contributed by atoms with Crippen LogP contribution in [0.15, 0.2) is 42.5 Å². The summed E-state index contributed by atoms with van der Waals surface area (Å²) in [5, 5.41) is 4.03. The van der Waals surface area contributed by atoms with Crippen LogP contribution in [0.25, 0.3) is 0 Å². The van der Waals surface area contributed by atoms with Crippen molar-refractivity contribution < 1.29 is 14.3 Å². The molecule has 0 aromatic heterocycles. The fourth-order valence-corrected chi connectivity index (χ4v) is 4.50. The lowest BCUT2D eigenvalue weighted by Crippen LogP contribution is -2.50. The molecule has 1 aliphatic carbocycles. The van der Waals surface area contributed by atoms with Gasteiger partial charge in [0.25, 0.3) is 0 Å². The number of rotatable bonds is 10. The van der Waals surface area contributed by atoms with Crippen LogP contribution in [-0.2, 0) is 16.1 Å². The van der Waals surface area contributed by atoms with Gasteiger partial charge in [0.1, 0.15) is 11.8 Å². The molecule has 2 amide bonds. The summed E-state index contributed by atoms with van der Waals surface area (Å²) in [5.74, 6) is 0.576. The molecule has 1 saturated carbocycles. The van der Waals surface area contributed by atoms with Crippen molar-refractivity contribution in [2.45, 2.75) is 77.4 Å². The number of ether oxygens (including phenoxy) is 1. The normalized spacial score (nSPS) is 14.9. The maximum absolute atomic E-state index is 13.2. The largest absolute Gasteiger partial charge is 0.494 e. The molecule has 0 heterocycles. The van der Waals surface area contributed by atoms with E-state index < -0.39 is 6.04 Å². The van der Waals surface area contributed by atoms with E-state index in [1.54, 1.807) is 24.0 Å². The topological polar surface area (TPSA) is 58.6 Å². The summed E-state index contributed by atoms with van der Waals surface area (Å²) in [5.41, 5.74) is 2.00. The molecule has 184 valence electrons. The quantitative estimate of drug-likeness (QED) is 0.384. The van der Waals surface area contributed by atoms with E-state index in [1.807, 2.05) is 37.3 Å². The number of benzene rings is 2. The van der Waals surface area contributed by atoms with Crippen LogP contribution in [0.4, 0.5) is 0 Å². The number of carbonyl (C=O) groups is 2. The maximum atomic E-state index is 13.2. The van der Waals surface area contributed by atoms with E-state index in [0.717, 1.165) is 37.0 Å². The predicted molar refractivity (Wildman–Crippen MR) is 137 cm³/mol. The van der Waals surface area contributed by atoms with Crippen molar-refractivity contribution >= 4 is 35.0 Å². The van der Waals surface area contributed by atoms with Gasteiger partial charge in [-0.25, -0.2) is 0 Å². The highest BCUT2D eigenvalue weighted by atomic mass is 35.5. The Morgan fingerprint density at radius 1 is 1.06 bits per heavy atom. The molecular weight excluding hydrogens is 471 g/mol. The van der Waals surface area contributed by atoms with Gasteiger partial charge in [-0.1, -0.05) is 66.2 Å². The first-order valence-corrected chi connectivity index (χ1v) is 12.8. The average molecular weight is 505 g/mol. The predicted octanol–water partition coefficient (Wildman–Crippen LogP) is 6.33. The summed E-state index contributed by atoms with van der Waals surface area (Å²) in [6, 6.07) is 12.7. The second-order valence-corrected chi connectivity index (χ2v) is 9.87. The third-order valence-electron chi connectivity index (χ3n) is 6.28. The van der Waals surface area contributed by atoms with Gasteiger partial charge in [0.2, 0.25) is 11.8 Å². The van der Waals surface area contributed by atoms with Crippen LogP contribution in [0.5, 0.6) is 5.75 Å². The number of hydrogen-bond acceptors (Lipinski definition) is 3. The minimum absolute atomic E-state index is 0.0927. The maximum Gasteiger partial charge on any atom is 0.242 e. The monoisotopic (exact) mass is 504 g/mol. The fourth-order valence-electron chi connectivity index (χ4n) is 4.18. The van der Waals surface area contributed by atoms with Gasteiger partial charge < -0.3 is 15.0 Å². The molecule has 1 aliphatic rings. The average Bonchev–Trinajstić information content (AvgIpc) is 2.83. The Kier molecular flexibility index (Phi) is 10.1. The number of aryl methyl sites for hydroxylation is 1. The molecule has 0 bridgehead atoms. The molecule has 7 heteroatoms. The van der Waals surface area contributed by atoms with Crippen molar-refractivity contribution in [1.29, 1.82) is 0 Å². The van der Waals surface area contributed by atoms with E-state index >= 15 is 0 Å². The molecule has 0 spiro atoms. The minimum Gasteiger partial charge on any atom is -0.494 e. The van der Waals surface area contributed by atoms with Crippen molar-refractivity contribution in [2.75, 3.05) is 6.61 Å². The first-order chi connectivity index (χ1) is 16.3. The number of nitrogens with one attached hydrogen (secondary N) is 1. The smallest absolute Gasteiger partial charge is 0.242 e. The molecular formula is C27H34Cl2N2O3. The molecule has 0 radical (unpaired) electrons. The van der Waals surface area contributed by atoms with Crippen molar-refractivity contribution in [3.05, 3.63) is 63.6 Å². The number of hydrogen-bond donors (Lipinski definition) is 1. The van der Waals surface area contributed by atoms with Crippen LogP contribution in [0.2, 0.25) is 10.0 Å². The Balaban J connectivity index is 1.62. The van der Waals surface area contributed by atoms with Crippen molar-refractivity contribution in [3.63, 3.8) is 0 Å². The second-order valence-electron chi connectivity index (χ2n) is 9.05. The van der Waals surface area contributed by atoms with Gasteiger partial charge in [-0.15, -0.1) is 0 Å². The van der Waals surface area contributed by atoms with E-state index in [4.69, 9.17) is 27.9 Å². The van der Waals surface area contributed by atoms with Crippen LogP contribution < -0.4 is 10.1 Å². The number of nitrogens with zero attached hydrogens (tertiary/aromatic N) is 1. The summed E-state index contributed by atoms with van der Waals surface area (Å²) in [6.07, 6.45) is 6.31. The zero-order chi connectivity index (χ0) is 24.5. The fraction of sp³-hybridized carbons (Fsp3) is 0.481. The molecule has 0 saturated heterocycles. The summed E-state index contributed by atoms with van der Waals surface area (Å²) in [7, 11) is 0. The van der Waals surface area contributed by atoms with Crippen LogP contribution in [0.3, 0.4) is 0 Å². The summed E-state index contributed by atoms with van der Waals surface area (Å²) < 4.78 is 5.76. The van der Waals surface area contributed by atoms with E-state index in [-0.39, 0.29) is 30.8 Å². The molecule has 5 nitrogen and oxygen atoms in total. The zero-order valence-electron chi connectivity index (χ0n) is 20.0. The highest BCUT2D eigenvalue weighted by Crippen LogP contribution is 2.24. The van der Waals surface area contributed by atoms with Gasteiger partial charge in [-0.3, -0.25) is 9.59 Å². The third-order valence-corrected chi connectivity index (χ3v) is 7.02. The van der Waals surface area contributed by atoms with Gasteiger partial charge >= 0.3 is 0 Å². The van der Waals surface area contributed by atoms with Gasteiger partial charge in [0.15, 0.2) is 0 Å². The first-order valence-electron chi connectivity index (χ1n) is 12.1. The van der Waals surface area contributed by atoms with Crippen molar-refractivity contribution in [3.8, 4) is 5.75 Å². The Hall–Kier alpha value is -2.24. The van der Waals surface area contributed by atoms with Crippen LogP contribution in [0, 0.1) is 6.92 Å². The van der Waals surface area contributed by atoms with Gasteiger partial charge in [-0.2, -0.15) is 0 Å². The highest BCUT2D eigenvalue weighted by molar-refractivity contribution is 6.42. The standard InChI is InChI=1S/C27H34Cl2N2O3/c1-19-10-13-23(14-11-19)34-16-6-9-26(32)31(18-21-12-15-24(28)25(29)17-21)20(2)27(33)30-22-7-4-3-5-8-22/h10-15,17,20,22H,3-9,16,18H2,1-2H3,(H,30,33)/t20-/m1/s1. The van der Waals surface area contributed by atoms with Crippen LogP contribution in [0.1, 0.15) is 63.0 Å². The highest BCUT2D eigenvalue weighted by Gasteiger charge is 2.28. The van der Waals surface area contributed by atoms with Crippen LogP contribution >= 0.6 is 23.2 Å². The summed E-state index contributed by atoms with van der Waals surface area (Å²) >= 11 is 12.2. The van der Waals surface area contributed by atoms with E-state index in [0.29, 0.717) is 23.1 Å². The van der Waals surface area contributed by atoms with E-state index in [1.165, 1.54) is 12.0 Å². The molecule has 34 heavy (non-hydrogen) atoms. The lowest BCUT2D eigenvalue weighted by Gasteiger charge is -2.31. The van der Waals surface area contributed by atoms with Crippen molar-refractivity contribution in [2.24, 2.45) is 0 Å². The Morgan fingerprint density at radius 2 is 1.76 bits per heavy atom. The van der Waals surface area contributed by atoms with Crippen LogP contribution in [-0.4, -0.2) is 35.4 Å². The number of amides is 2. The lowest BCUT2D eigenvalue weighted by molar-refractivity contribution is -0.141. The molecule has 3 rings (SSSR count). The Bertz CT molecular complexity index is 959. The number of carbonyl (C=O) groups excluding carboxylic acids is 2. The third kappa shape index (κ3) is 7.92. The molecule has 0 aliphatic heterocycles. The Labute approximate surface area is 212 Å². The van der Waals surface area contributed by atoms with E-state index in [2.05, 4.69) is 5.32 Å². The van der Waals surface area contributed by atoms with Gasteiger partial charge in [0, 0.05) is 19.0 Å². The minimum atomic E-state index is -0.595. The molecule has 2 aromatic carbocycles. The first kappa shape index (κ1) is 26.4. The molecule has 2 aromatic rings. The molecule has 1 fully saturated rings. The second kappa shape index (κ2) is 13.0. The zero-order valence-corrected chi connectivity index (χ0v) is 21.5. The molecule has 1 N–H and O–H groups in total. The summed E-state index contributed by atoms with van der Waals surface area (Å²) in [4.78, 5) is 27.9. The summed E-state index contributed by atoms with van der Waals surface area (Å²) in [6.45, 7) is 4.53. The van der Waals surface area contributed by atoms with Crippen molar-refractivity contribution in [1.82, 2.24) is 10.2 Å². The molecule has 0 unspecified atom stereocenters. The molecule has 1 atom stereocenters. The van der Waals surface area contributed by atoms with Gasteiger partial charge in [0.05, 0.1) is 16.7 Å². The SMILES string of the molecule is Cc1ccc(OCCCC(=O)N(Cc2ccc(Cl)c(Cl)c2)[C@H](C)C(=O)NC2CCCCC2)cc1. The van der Waals surface area contributed by atoms with E-state index in [9.17, 15) is 9.59 Å². The Morgan fingerprint density at radius 3 is 2.44 bits per heavy atom. The lowest BCUT2D eigenvalue weighted by atomic mass is 9.95.